The van der Waals surface area contributed by atoms with Gasteiger partial charge in [-0.25, -0.2) is 4.79 Å². The van der Waals surface area contributed by atoms with Gasteiger partial charge in [0.05, 0.1) is 0 Å². The van der Waals surface area contributed by atoms with E-state index in [0.717, 1.165) is 40.7 Å². The van der Waals surface area contributed by atoms with Crippen LogP contribution in [0.3, 0.4) is 0 Å². The highest BCUT2D eigenvalue weighted by atomic mass is 16.4. The van der Waals surface area contributed by atoms with Gasteiger partial charge in [0, 0.05) is 16.9 Å². The summed E-state index contributed by atoms with van der Waals surface area (Å²) in [6.07, 6.45) is 1.69. The van der Waals surface area contributed by atoms with Crippen molar-refractivity contribution in [3.63, 3.8) is 0 Å². The molecule has 3 nitrogen and oxygen atoms in total. The van der Waals surface area contributed by atoms with Gasteiger partial charge in [-0.3, -0.25) is 0 Å². The fourth-order valence-electron chi connectivity index (χ4n) is 5.42. The number of aromatic carboxylic acids is 1. The monoisotopic (exact) mass is 492 g/mol. The number of carboxylic acid groups (broad SMARTS) is 1. The Bertz CT molecular complexity index is 1340. The molecule has 4 aromatic carbocycles. The van der Waals surface area contributed by atoms with Gasteiger partial charge in [-0.15, -0.1) is 0 Å². The van der Waals surface area contributed by atoms with Gasteiger partial charge in [0.25, 0.3) is 0 Å². The lowest BCUT2D eigenvalue weighted by atomic mass is 9.65. The zero-order valence-corrected chi connectivity index (χ0v) is 22.4. The average Bonchev–Trinajstić information content (AvgIpc) is 2.88. The molecule has 3 heteroatoms. The maximum absolute atomic E-state index is 12.4. The average molecular weight is 493 g/mol. The Hall–Kier alpha value is -3.85. The highest BCUT2D eigenvalue weighted by molar-refractivity contribution is 5.92. The van der Waals surface area contributed by atoms with Crippen molar-refractivity contribution in [2.75, 3.05) is 0 Å². The van der Waals surface area contributed by atoms with Crippen LogP contribution in [-0.2, 0) is 5.41 Å². The summed E-state index contributed by atoms with van der Waals surface area (Å²) >= 11 is 0. The summed E-state index contributed by atoms with van der Waals surface area (Å²) in [6.45, 7) is 10.4. The van der Waals surface area contributed by atoms with Crippen molar-refractivity contribution >= 4 is 5.97 Å². The topological polar surface area (TPSA) is 57.5 Å². The molecule has 190 valence electrons. The van der Waals surface area contributed by atoms with Gasteiger partial charge < -0.3 is 10.2 Å². The molecule has 1 unspecified atom stereocenters. The van der Waals surface area contributed by atoms with Crippen LogP contribution in [0.1, 0.15) is 87.5 Å². The third kappa shape index (κ3) is 5.04. The van der Waals surface area contributed by atoms with Crippen LogP contribution in [0.4, 0.5) is 0 Å². The lowest BCUT2D eigenvalue weighted by Gasteiger charge is -2.37. The first-order valence-electron chi connectivity index (χ1n) is 13.0. The Kier molecular flexibility index (Phi) is 7.54. The Morgan fingerprint density at radius 2 is 1.22 bits per heavy atom. The molecule has 1 atom stereocenters. The minimum Gasteiger partial charge on any atom is -0.507 e. The van der Waals surface area contributed by atoms with Gasteiger partial charge in [0.2, 0.25) is 0 Å². The van der Waals surface area contributed by atoms with Crippen LogP contribution in [0.5, 0.6) is 5.75 Å². The maximum atomic E-state index is 12.4. The van der Waals surface area contributed by atoms with Crippen molar-refractivity contribution in [3.8, 4) is 5.75 Å². The number of rotatable bonds is 8. The minimum atomic E-state index is -1.13. The van der Waals surface area contributed by atoms with E-state index in [4.69, 9.17) is 0 Å². The quantitative estimate of drug-likeness (QED) is 0.243. The van der Waals surface area contributed by atoms with Crippen LogP contribution < -0.4 is 0 Å². The molecule has 0 heterocycles. The summed E-state index contributed by atoms with van der Waals surface area (Å²) < 4.78 is 0. The predicted octanol–water partition coefficient (Wildman–Crippen LogP) is 8.30. The van der Waals surface area contributed by atoms with Crippen LogP contribution in [0.25, 0.3) is 0 Å². The van der Waals surface area contributed by atoms with Crippen LogP contribution in [0, 0.1) is 20.8 Å². The normalized spacial score (nSPS) is 12.4. The van der Waals surface area contributed by atoms with E-state index in [9.17, 15) is 15.0 Å². The van der Waals surface area contributed by atoms with Crippen molar-refractivity contribution in [2.45, 2.75) is 58.8 Å². The zero-order chi connectivity index (χ0) is 26.7. The zero-order valence-electron chi connectivity index (χ0n) is 22.4. The molecule has 0 saturated carbocycles. The van der Waals surface area contributed by atoms with Crippen molar-refractivity contribution in [2.24, 2.45) is 0 Å². The summed E-state index contributed by atoms with van der Waals surface area (Å²) in [4.78, 5) is 12.4. The molecule has 37 heavy (non-hydrogen) atoms. The highest BCUT2D eigenvalue weighted by Gasteiger charge is 2.37. The molecule has 0 spiro atoms. The largest absolute Gasteiger partial charge is 0.507 e. The van der Waals surface area contributed by atoms with E-state index in [1.807, 2.05) is 44.2 Å². The van der Waals surface area contributed by atoms with Gasteiger partial charge in [-0.1, -0.05) is 116 Å². The van der Waals surface area contributed by atoms with E-state index in [-0.39, 0.29) is 17.2 Å². The lowest BCUT2D eigenvalue weighted by Crippen LogP contribution is -2.30. The van der Waals surface area contributed by atoms with E-state index in [1.165, 1.54) is 11.1 Å². The number of phenols is 1. The Morgan fingerprint density at radius 1 is 0.757 bits per heavy atom. The van der Waals surface area contributed by atoms with Crippen LogP contribution in [0.15, 0.2) is 84.9 Å². The summed E-state index contributed by atoms with van der Waals surface area (Å²) in [5, 5.41) is 21.4. The van der Waals surface area contributed by atoms with Gasteiger partial charge in [0.1, 0.15) is 11.3 Å². The first kappa shape index (κ1) is 26.2. The number of aryl methyl sites for hydroxylation is 3. The Labute approximate surface area is 220 Å². The van der Waals surface area contributed by atoms with Gasteiger partial charge in [0.15, 0.2) is 0 Å². The molecule has 0 amide bonds. The second-order valence-electron chi connectivity index (χ2n) is 10.3. The highest BCUT2D eigenvalue weighted by Crippen LogP contribution is 2.46. The fraction of sp³-hybridized carbons (Fsp3) is 0.265. The number of hydrogen-bond donors (Lipinski definition) is 2. The third-order valence-electron chi connectivity index (χ3n) is 7.62. The van der Waals surface area contributed by atoms with Crippen molar-refractivity contribution in [3.05, 3.63) is 135 Å². The summed E-state index contributed by atoms with van der Waals surface area (Å²) in [7, 11) is 0. The SMILES string of the molecule is CCCC(c1ccc(C)cc1)(c1ccc(C)cc1)c1cc(C(=O)O)c(O)c(C(C)c2ccc(C)cc2)c1. The summed E-state index contributed by atoms with van der Waals surface area (Å²) in [5.74, 6) is -1.48. The van der Waals surface area contributed by atoms with Crippen LogP contribution in [0.2, 0.25) is 0 Å². The van der Waals surface area contributed by atoms with E-state index < -0.39 is 11.4 Å². The molecule has 0 aliphatic rings. The number of hydrogen-bond acceptors (Lipinski definition) is 2. The maximum Gasteiger partial charge on any atom is 0.339 e. The van der Waals surface area contributed by atoms with E-state index in [2.05, 4.69) is 69.3 Å². The first-order valence-corrected chi connectivity index (χ1v) is 13.0. The molecule has 0 saturated heterocycles. The summed E-state index contributed by atoms with van der Waals surface area (Å²) in [6, 6.07) is 29.0. The molecule has 0 radical (unpaired) electrons. The fourth-order valence-corrected chi connectivity index (χ4v) is 5.42. The second kappa shape index (κ2) is 10.6. The molecule has 0 aromatic heterocycles. The van der Waals surface area contributed by atoms with E-state index in [0.29, 0.717) is 5.56 Å². The summed E-state index contributed by atoms with van der Waals surface area (Å²) in [5.41, 5.74) is 7.61. The van der Waals surface area contributed by atoms with E-state index in [1.54, 1.807) is 6.07 Å². The standard InChI is InChI=1S/C34H36O3/c1-6-19-34(27-15-9-23(3)10-16-27,28-17-11-24(4)12-18-28)29-20-30(32(35)31(21-29)33(36)37)25(5)26-13-7-22(2)8-14-26/h7-18,20-21,25,35H,6,19H2,1-5H3,(H,36,37). The Morgan fingerprint density at radius 3 is 1.65 bits per heavy atom. The molecule has 0 bridgehead atoms. The number of carboxylic acids is 1. The van der Waals surface area contributed by atoms with Gasteiger partial charge >= 0.3 is 5.97 Å². The second-order valence-corrected chi connectivity index (χ2v) is 10.3. The first-order chi connectivity index (χ1) is 17.7. The van der Waals surface area contributed by atoms with Gasteiger partial charge in [-0.2, -0.15) is 0 Å². The number of benzene rings is 4. The molecule has 0 fully saturated rings. The smallest absolute Gasteiger partial charge is 0.339 e. The molecule has 4 rings (SSSR count). The van der Waals surface area contributed by atoms with Crippen LogP contribution >= 0.6 is 0 Å². The number of aromatic hydroxyl groups is 1. The predicted molar refractivity (Wildman–Crippen MR) is 151 cm³/mol. The molecular weight excluding hydrogens is 456 g/mol. The molecular formula is C34H36O3. The van der Waals surface area contributed by atoms with Gasteiger partial charge in [-0.05, 0) is 55.5 Å². The van der Waals surface area contributed by atoms with Crippen molar-refractivity contribution in [1.29, 1.82) is 0 Å². The Balaban J connectivity index is 2.06. The minimum absolute atomic E-state index is 0.0637. The number of carbonyl (C=O) groups is 1. The molecule has 0 aliphatic carbocycles. The molecule has 0 aliphatic heterocycles. The van der Waals surface area contributed by atoms with Crippen LogP contribution in [-0.4, -0.2) is 16.2 Å². The van der Waals surface area contributed by atoms with Crippen molar-refractivity contribution < 1.29 is 15.0 Å². The third-order valence-corrected chi connectivity index (χ3v) is 7.62. The molecule has 2 N–H and O–H groups in total. The van der Waals surface area contributed by atoms with Crippen molar-refractivity contribution in [1.82, 2.24) is 0 Å². The lowest BCUT2D eigenvalue weighted by molar-refractivity contribution is 0.0693. The van der Waals surface area contributed by atoms with E-state index >= 15 is 0 Å². The molecule has 4 aromatic rings.